The van der Waals surface area contributed by atoms with E-state index < -0.39 is 6.04 Å². The number of carbonyl (C=O) groups excluding carboxylic acids is 2. The molecule has 2 amide bonds. The summed E-state index contributed by atoms with van der Waals surface area (Å²) in [4.78, 5) is 25.6. The molecule has 1 aliphatic heterocycles. The average molecular weight is 281 g/mol. The van der Waals surface area contributed by atoms with Crippen molar-refractivity contribution in [2.75, 3.05) is 11.4 Å². The van der Waals surface area contributed by atoms with E-state index in [1.165, 1.54) is 4.90 Å². The molecule has 2 rings (SSSR count). The second-order valence-electron chi connectivity index (χ2n) is 5.15. The van der Waals surface area contributed by atoms with Crippen LogP contribution in [0.1, 0.15) is 20.3 Å². The number of nitrogens with zero attached hydrogens (tertiary/aromatic N) is 1. The van der Waals surface area contributed by atoms with Crippen LogP contribution in [-0.4, -0.2) is 24.4 Å². The van der Waals surface area contributed by atoms with Gasteiger partial charge in [-0.05, 0) is 36.6 Å². The Morgan fingerprint density at radius 3 is 2.53 bits per heavy atom. The van der Waals surface area contributed by atoms with Crippen molar-refractivity contribution >= 4 is 29.1 Å². The molecule has 1 aromatic rings. The van der Waals surface area contributed by atoms with Crippen molar-refractivity contribution in [1.29, 1.82) is 0 Å². The van der Waals surface area contributed by atoms with Gasteiger partial charge in [0.15, 0.2) is 0 Å². The largest absolute Gasteiger partial charge is 0.343 e. The molecule has 102 valence electrons. The van der Waals surface area contributed by atoms with Crippen LogP contribution >= 0.6 is 11.6 Å². The summed E-state index contributed by atoms with van der Waals surface area (Å²) in [7, 11) is 0. The Morgan fingerprint density at radius 1 is 1.32 bits per heavy atom. The Balaban J connectivity index is 2.21. The number of hydrogen-bond acceptors (Lipinski definition) is 2. The summed E-state index contributed by atoms with van der Waals surface area (Å²) >= 11 is 5.83. The van der Waals surface area contributed by atoms with Gasteiger partial charge in [0.05, 0.1) is 0 Å². The zero-order chi connectivity index (χ0) is 14.0. The first-order valence-electron chi connectivity index (χ1n) is 6.33. The molecule has 1 saturated heterocycles. The second kappa shape index (κ2) is 5.61. The molecule has 0 bridgehead atoms. The molecule has 1 heterocycles. The minimum absolute atomic E-state index is 0.0596. The standard InChI is InChI=1S/C14H17ClN2O2/c1-9(2)7-12-14(19)17(8-13(18)16-12)11-5-3-10(15)4-6-11/h3-6,9,12H,7-8H2,1-2H3,(H,16,18). The zero-order valence-corrected chi connectivity index (χ0v) is 11.8. The molecule has 0 spiro atoms. The molecule has 0 radical (unpaired) electrons. The smallest absolute Gasteiger partial charge is 0.250 e. The van der Waals surface area contributed by atoms with Crippen LogP contribution in [0.5, 0.6) is 0 Å². The first-order valence-corrected chi connectivity index (χ1v) is 6.71. The van der Waals surface area contributed by atoms with Gasteiger partial charge in [-0.15, -0.1) is 0 Å². The molecule has 1 aromatic carbocycles. The van der Waals surface area contributed by atoms with Crippen LogP contribution in [0.4, 0.5) is 5.69 Å². The van der Waals surface area contributed by atoms with Crippen LogP contribution < -0.4 is 10.2 Å². The fourth-order valence-corrected chi connectivity index (χ4v) is 2.31. The van der Waals surface area contributed by atoms with E-state index in [-0.39, 0.29) is 18.4 Å². The van der Waals surface area contributed by atoms with Gasteiger partial charge in [0, 0.05) is 10.7 Å². The third kappa shape index (κ3) is 3.26. The lowest BCUT2D eigenvalue weighted by Crippen LogP contribution is -2.58. The van der Waals surface area contributed by atoms with Gasteiger partial charge in [-0.2, -0.15) is 0 Å². The lowest BCUT2D eigenvalue weighted by Gasteiger charge is -2.33. The van der Waals surface area contributed by atoms with Gasteiger partial charge in [0.25, 0.3) is 0 Å². The first kappa shape index (κ1) is 13.9. The van der Waals surface area contributed by atoms with Crippen LogP contribution in [0.2, 0.25) is 5.02 Å². The summed E-state index contributed by atoms with van der Waals surface area (Å²) < 4.78 is 0. The van der Waals surface area contributed by atoms with Gasteiger partial charge in [-0.25, -0.2) is 0 Å². The van der Waals surface area contributed by atoms with E-state index in [1.807, 2.05) is 13.8 Å². The fourth-order valence-electron chi connectivity index (χ4n) is 2.18. The summed E-state index contributed by atoms with van der Waals surface area (Å²) in [5.41, 5.74) is 0.706. The number of rotatable bonds is 3. The predicted molar refractivity (Wildman–Crippen MR) is 75.2 cm³/mol. The van der Waals surface area contributed by atoms with Gasteiger partial charge < -0.3 is 10.2 Å². The first-order chi connectivity index (χ1) is 8.97. The molecule has 1 atom stereocenters. The number of halogens is 1. The van der Waals surface area contributed by atoms with E-state index in [0.29, 0.717) is 23.0 Å². The quantitative estimate of drug-likeness (QED) is 0.923. The monoisotopic (exact) mass is 280 g/mol. The molecular formula is C14H17ClN2O2. The van der Waals surface area contributed by atoms with E-state index in [4.69, 9.17) is 11.6 Å². The molecule has 1 aliphatic rings. The highest BCUT2D eigenvalue weighted by Gasteiger charge is 2.33. The third-order valence-corrected chi connectivity index (χ3v) is 3.30. The van der Waals surface area contributed by atoms with Gasteiger partial charge >= 0.3 is 0 Å². The Morgan fingerprint density at radius 2 is 1.95 bits per heavy atom. The van der Waals surface area contributed by atoms with Gasteiger partial charge in [-0.3, -0.25) is 9.59 Å². The molecular weight excluding hydrogens is 264 g/mol. The summed E-state index contributed by atoms with van der Waals surface area (Å²) in [6.45, 7) is 4.12. The van der Waals surface area contributed by atoms with Gasteiger partial charge in [0.1, 0.15) is 12.6 Å². The predicted octanol–water partition coefficient (Wildman–Crippen LogP) is 2.22. The average Bonchev–Trinajstić information content (AvgIpc) is 2.34. The molecule has 0 saturated carbocycles. The molecule has 5 heteroatoms. The highest BCUT2D eigenvalue weighted by molar-refractivity contribution is 6.30. The van der Waals surface area contributed by atoms with E-state index in [1.54, 1.807) is 24.3 Å². The van der Waals surface area contributed by atoms with E-state index >= 15 is 0 Å². The Kier molecular flexibility index (Phi) is 4.10. The number of nitrogens with one attached hydrogen (secondary N) is 1. The molecule has 19 heavy (non-hydrogen) atoms. The number of carbonyl (C=O) groups is 2. The highest BCUT2D eigenvalue weighted by atomic mass is 35.5. The minimum Gasteiger partial charge on any atom is -0.343 e. The van der Waals surface area contributed by atoms with Crippen molar-refractivity contribution in [3.8, 4) is 0 Å². The van der Waals surface area contributed by atoms with Gasteiger partial charge in [0.2, 0.25) is 11.8 Å². The maximum Gasteiger partial charge on any atom is 0.250 e. The maximum absolute atomic E-state index is 12.4. The zero-order valence-electron chi connectivity index (χ0n) is 11.0. The number of hydrogen-bond donors (Lipinski definition) is 1. The van der Waals surface area contributed by atoms with Crippen LogP contribution in [0.3, 0.4) is 0 Å². The molecule has 1 N–H and O–H groups in total. The lowest BCUT2D eigenvalue weighted by molar-refractivity contribution is -0.131. The Labute approximate surface area is 117 Å². The summed E-state index contributed by atoms with van der Waals surface area (Å²) in [5.74, 6) is 0.162. The Bertz CT molecular complexity index is 485. The summed E-state index contributed by atoms with van der Waals surface area (Å²) in [5, 5.41) is 3.36. The molecule has 4 nitrogen and oxygen atoms in total. The fraction of sp³-hybridized carbons (Fsp3) is 0.429. The molecule has 1 fully saturated rings. The van der Waals surface area contributed by atoms with Crippen LogP contribution in [0, 0.1) is 5.92 Å². The van der Waals surface area contributed by atoms with Crippen LogP contribution in [-0.2, 0) is 9.59 Å². The molecule has 1 unspecified atom stereocenters. The van der Waals surface area contributed by atoms with E-state index in [2.05, 4.69) is 5.32 Å². The molecule has 0 aromatic heterocycles. The van der Waals surface area contributed by atoms with Gasteiger partial charge in [-0.1, -0.05) is 25.4 Å². The van der Waals surface area contributed by atoms with E-state index in [9.17, 15) is 9.59 Å². The minimum atomic E-state index is -0.433. The van der Waals surface area contributed by atoms with Crippen LogP contribution in [0.25, 0.3) is 0 Å². The SMILES string of the molecule is CC(C)CC1NC(=O)CN(c2ccc(Cl)cc2)C1=O. The maximum atomic E-state index is 12.4. The second-order valence-corrected chi connectivity index (χ2v) is 5.59. The van der Waals surface area contributed by atoms with Crippen molar-refractivity contribution in [2.24, 2.45) is 5.92 Å². The van der Waals surface area contributed by atoms with Crippen molar-refractivity contribution in [3.63, 3.8) is 0 Å². The number of anilines is 1. The van der Waals surface area contributed by atoms with Crippen molar-refractivity contribution < 1.29 is 9.59 Å². The van der Waals surface area contributed by atoms with Crippen molar-refractivity contribution in [1.82, 2.24) is 5.32 Å². The van der Waals surface area contributed by atoms with Crippen molar-refractivity contribution in [2.45, 2.75) is 26.3 Å². The lowest BCUT2D eigenvalue weighted by atomic mass is 10.0. The van der Waals surface area contributed by atoms with Crippen LogP contribution in [0.15, 0.2) is 24.3 Å². The third-order valence-electron chi connectivity index (χ3n) is 3.05. The normalized spacial score (nSPS) is 19.8. The number of benzene rings is 1. The number of piperazine rings is 1. The summed E-state index contributed by atoms with van der Waals surface area (Å²) in [6, 6.07) is 6.51. The van der Waals surface area contributed by atoms with E-state index in [0.717, 1.165) is 0 Å². The topological polar surface area (TPSA) is 49.4 Å². The number of amides is 2. The Hall–Kier alpha value is -1.55. The summed E-state index contributed by atoms with van der Waals surface area (Å²) in [6.07, 6.45) is 0.647. The highest BCUT2D eigenvalue weighted by Crippen LogP contribution is 2.21. The van der Waals surface area contributed by atoms with Crippen molar-refractivity contribution in [3.05, 3.63) is 29.3 Å². The molecule has 0 aliphatic carbocycles.